The van der Waals surface area contributed by atoms with Crippen molar-refractivity contribution in [2.24, 2.45) is 0 Å². The Labute approximate surface area is 183 Å². The third-order valence-electron chi connectivity index (χ3n) is 5.66. The van der Waals surface area contributed by atoms with Gasteiger partial charge in [0.2, 0.25) is 0 Å². The van der Waals surface area contributed by atoms with Gasteiger partial charge in [0.05, 0.1) is 18.4 Å². The molecule has 7 heteroatoms. The molecule has 0 spiro atoms. The van der Waals surface area contributed by atoms with Gasteiger partial charge in [0.15, 0.2) is 0 Å². The minimum Gasteiger partial charge on any atom is -0.489 e. The average Bonchev–Trinajstić information content (AvgIpc) is 2.75. The van der Waals surface area contributed by atoms with Crippen LogP contribution in [0.1, 0.15) is 49.1 Å². The molecule has 0 aromatic heterocycles. The lowest BCUT2D eigenvalue weighted by atomic mass is 9.89. The summed E-state index contributed by atoms with van der Waals surface area (Å²) in [6.45, 7) is 5.40. The average molecular weight is 432 g/mol. The summed E-state index contributed by atoms with van der Waals surface area (Å²) in [5, 5.41) is 40.4. The van der Waals surface area contributed by atoms with Gasteiger partial charge in [0, 0.05) is 0 Å². The minimum absolute atomic E-state index is 0.121. The van der Waals surface area contributed by atoms with Crippen LogP contribution in [0.3, 0.4) is 0 Å². The molecule has 1 saturated heterocycles. The van der Waals surface area contributed by atoms with E-state index in [9.17, 15) is 20.4 Å². The molecule has 5 atom stereocenters. The molecule has 0 unspecified atom stereocenters. The first-order valence-corrected chi connectivity index (χ1v) is 10.7. The summed E-state index contributed by atoms with van der Waals surface area (Å²) < 4.78 is 11.6. The number of benzene rings is 2. The van der Waals surface area contributed by atoms with Crippen molar-refractivity contribution >= 4 is 5.69 Å². The van der Waals surface area contributed by atoms with Crippen LogP contribution in [0.15, 0.2) is 36.4 Å². The second kappa shape index (κ2) is 9.97. The first-order chi connectivity index (χ1) is 14.7. The fourth-order valence-electron chi connectivity index (χ4n) is 3.86. The van der Waals surface area contributed by atoms with Gasteiger partial charge in [-0.1, -0.05) is 37.3 Å². The van der Waals surface area contributed by atoms with Crippen molar-refractivity contribution in [3.05, 3.63) is 58.7 Å². The third-order valence-corrected chi connectivity index (χ3v) is 5.66. The first kappa shape index (κ1) is 23.5. The third kappa shape index (κ3) is 5.19. The van der Waals surface area contributed by atoms with Crippen LogP contribution < -0.4 is 10.5 Å². The van der Waals surface area contributed by atoms with E-state index in [1.165, 1.54) is 5.56 Å². The molecule has 0 aliphatic carbocycles. The molecule has 2 aromatic rings. The number of ether oxygens (including phenoxy) is 2. The van der Waals surface area contributed by atoms with Crippen molar-refractivity contribution in [2.75, 3.05) is 12.3 Å². The summed E-state index contributed by atoms with van der Waals surface area (Å²) in [6.07, 6.45) is -4.78. The minimum atomic E-state index is -1.45. The lowest BCUT2D eigenvalue weighted by Crippen LogP contribution is -2.55. The van der Waals surface area contributed by atoms with Crippen molar-refractivity contribution in [3.8, 4) is 5.75 Å². The summed E-state index contributed by atoms with van der Waals surface area (Å²) in [6, 6.07) is 11.8. The van der Waals surface area contributed by atoms with Crippen molar-refractivity contribution in [1.82, 2.24) is 0 Å². The Morgan fingerprint density at radius 2 is 1.65 bits per heavy atom. The molecule has 6 N–H and O–H groups in total. The summed E-state index contributed by atoms with van der Waals surface area (Å²) in [4.78, 5) is 0. The maximum atomic E-state index is 10.6. The lowest BCUT2D eigenvalue weighted by Gasteiger charge is -2.40. The second-order valence-corrected chi connectivity index (χ2v) is 8.35. The highest BCUT2D eigenvalue weighted by Gasteiger charge is 2.44. The van der Waals surface area contributed by atoms with Crippen molar-refractivity contribution < 1.29 is 29.9 Å². The maximum absolute atomic E-state index is 10.6. The molecule has 0 amide bonds. The Balaban J connectivity index is 2.00. The van der Waals surface area contributed by atoms with Crippen LogP contribution in [-0.2, 0) is 17.6 Å². The number of hydrogen-bond acceptors (Lipinski definition) is 7. The Morgan fingerprint density at radius 3 is 2.23 bits per heavy atom. The van der Waals surface area contributed by atoms with Gasteiger partial charge in [0.25, 0.3) is 0 Å². The van der Waals surface area contributed by atoms with Gasteiger partial charge in [0.1, 0.15) is 36.3 Å². The van der Waals surface area contributed by atoms with Crippen LogP contribution in [0.25, 0.3) is 0 Å². The predicted molar refractivity (Wildman–Crippen MR) is 118 cm³/mol. The van der Waals surface area contributed by atoms with E-state index in [0.717, 1.165) is 17.5 Å². The van der Waals surface area contributed by atoms with Crippen LogP contribution in [0.5, 0.6) is 5.75 Å². The number of aliphatic hydroxyl groups excluding tert-OH is 4. The van der Waals surface area contributed by atoms with Gasteiger partial charge in [-0.2, -0.15) is 0 Å². The zero-order chi connectivity index (χ0) is 22.7. The monoisotopic (exact) mass is 431 g/mol. The lowest BCUT2D eigenvalue weighted by molar-refractivity contribution is -0.231. The molecule has 31 heavy (non-hydrogen) atoms. The molecule has 1 aliphatic heterocycles. The van der Waals surface area contributed by atoms with E-state index in [2.05, 4.69) is 31.2 Å². The number of nitrogen functional groups attached to an aromatic ring is 1. The molecular formula is C24H33NO6. The number of hydrogen-bond donors (Lipinski definition) is 5. The first-order valence-electron chi connectivity index (χ1n) is 10.7. The molecular weight excluding hydrogens is 398 g/mol. The molecule has 1 heterocycles. The fraction of sp³-hybridized carbons (Fsp3) is 0.500. The van der Waals surface area contributed by atoms with E-state index < -0.39 is 37.1 Å². The number of aliphatic hydroxyl groups is 4. The van der Waals surface area contributed by atoms with Crippen LogP contribution >= 0.6 is 0 Å². The van der Waals surface area contributed by atoms with Crippen LogP contribution in [-0.4, -0.2) is 57.6 Å². The predicted octanol–water partition coefficient (Wildman–Crippen LogP) is 1.72. The Bertz CT molecular complexity index is 867. The van der Waals surface area contributed by atoms with E-state index in [1.54, 1.807) is 6.07 Å². The normalized spacial score (nSPS) is 26.3. The number of anilines is 1. The molecule has 0 radical (unpaired) electrons. The quantitative estimate of drug-likeness (QED) is 0.423. The van der Waals surface area contributed by atoms with Gasteiger partial charge in [-0.15, -0.1) is 0 Å². The molecule has 0 saturated carbocycles. The summed E-state index contributed by atoms with van der Waals surface area (Å²) in [7, 11) is 0. The zero-order valence-electron chi connectivity index (χ0n) is 18.2. The van der Waals surface area contributed by atoms with Gasteiger partial charge >= 0.3 is 0 Å². The molecule has 2 aromatic carbocycles. The highest BCUT2D eigenvalue weighted by molar-refractivity contribution is 5.62. The van der Waals surface area contributed by atoms with Crippen molar-refractivity contribution in [2.45, 2.75) is 70.2 Å². The fourth-order valence-corrected chi connectivity index (χ4v) is 3.86. The van der Waals surface area contributed by atoms with Gasteiger partial charge in [-0.05, 0) is 55.0 Å². The number of nitrogens with two attached hydrogens (primary N) is 1. The largest absolute Gasteiger partial charge is 0.489 e. The van der Waals surface area contributed by atoms with Crippen LogP contribution in [0.4, 0.5) is 5.69 Å². The number of aryl methyl sites for hydroxylation is 1. The van der Waals surface area contributed by atoms with E-state index >= 15 is 0 Å². The van der Waals surface area contributed by atoms with E-state index in [-0.39, 0.29) is 6.10 Å². The summed E-state index contributed by atoms with van der Waals surface area (Å²) in [5.74, 6) is 0.463. The van der Waals surface area contributed by atoms with Crippen molar-refractivity contribution in [3.63, 3.8) is 0 Å². The molecule has 170 valence electrons. The molecule has 1 fully saturated rings. The van der Waals surface area contributed by atoms with Gasteiger partial charge < -0.3 is 35.6 Å². The zero-order valence-corrected chi connectivity index (χ0v) is 18.2. The maximum Gasteiger partial charge on any atom is 0.143 e. The molecule has 1 aliphatic rings. The van der Waals surface area contributed by atoms with E-state index in [1.807, 2.05) is 19.9 Å². The standard InChI is InChI=1S/C24H33NO6/c1-4-14-5-7-15(8-6-14)9-16-10-17(11-18(20(16)25)30-13(2)3)24-23(29)22(28)21(27)19(12-26)31-24/h5-8,10-11,13,19,21-24,26-29H,4,9,12,25H2,1-3H3/t19-,21-,22+,23-,24+/m1/s1. The Kier molecular flexibility index (Phi) is 7.56. The van der Waals surface area contributed by atoms with E-state index in [0.29, 0.717) is 23.4 Å². The second-order valence-electron chi connectivity index (χ2n) is 8.35. The highest BCUT2D eigenvalue weighted by Crippen LogP contribution is 2.38. The van der Waals surface area contributed by atoms with Crippen LogP contribution in [0.2, 0.25) is 0 Å². The molecule has 3 rings (SSSR count). The Hall–Kier alpha value is -2.16. The number of rotatable bonds is 7. The van der Waals surface area contributed by atoms with Crippen LogP contribution in [0, 0.1) is 0 Å². The van der Waals surface area contributed by atoms with E-state index in [4.69, 9.17) is 15.2 Å². The summed E-state index contributed by atoms with van der Waals surface area (Å²) in [5.41, 5.74) is 10.6. The van der Waals surface area contributed by atoms with Crippen molar-refractivity contribution in [1.29, 1.82) is 0 Å². The SMILES string of the molecule is CCc1ccc(Cc2cc([C@@H]3O[C@H](CO)[C@@H](O)[C@H](O)[C@H]3O)cc(OC(C)C)c2N)cc1. The highest BCUT2D eigenvalue weighted by atomic mass is 16.5. The van der Waals surface area contributed by atoms with Gasteiger partial charge in [-0.3, -0.25) is 0 Å². The van der Waals surface area contributed by atoms with Gasteiger partial charge in [-0.25, -0.2) is 0 Å². The smallest absolute Gasteiger partial charge is 0.143 e. The summed E-state index contributed by atoms with van der Waals surface area (Å²) >= 11 is 0. The topological polar surface area (TPSA) is 125 Å². The Morgan fingerprint density at radius 1 is 1.00 bits per heavy atom. The molecule has 0 bridgehead atoms. The molecule has 7 nitrogen and oxygen atoms in total.